The molecule has 0 heterocycles. The molecular weight excluding hydrogens is 310 g/mol. The Bertz CT molecular complexity index is 707. The van der Waals surface area contributed by atoms with E-state index < -0.39 is 18.5 Å². The maximum atomic E-state index is 11.8. The van der Waals surface area contributed by atoms with Crippen molar-refractivity contribution in [1.82, 2.24) is 0 Å². The van der Waals surface area contributed by atoms with Crippen molar-refractivity contribution in [2.45, 2.75) is 6.92 Å². The zero-order chi connectivity index (χ0) is 17.4. The lowest BCUT2D eigenvalue weighted by Crippen LogP contribution is -2.20. The maximum absolute atomic E-state index is 11.8. The van der Waals surface area contributed by atoms with Gasteiger partial charge in [-0.15, -0.1) is 0 Å². The predicted molar refractivity (Wildman–Crippen MR) is 88.4 cm³/mol. The molecular formula is C18H17NO5. The smallest absolute Gasteiger partial charge is 0.338 e. The van der Waals surface area contributed by atoms with Gasteiger partial charge in [-0.25, -0.2) is 4.79 Å². The molecule has 2 aromatic carbocycles. The van der Waals surface area contributed by atoms with Crippen LogP contribution in [0.15, 0.2) is 48.5 Å². The lowest BCUT2D eigenvalue weighted by atomic mass is 10.1. The number of aldehydes is 1. The van der Waals surface area contributed by atoms with Gasteiger partial charge in [0.2, 0.25) is 0 Å². The minimum absolute atomic E-state index is 0.273. The molecule has 2 rings (SSSR count). The van der Waals surface area contributed by atoms with E-state index in [4.69, 9.17) is 9.47 Å². The highest BCUT2D eigenvalue weighted by Gasteiger charge is 2.10. The molecule has 0 unspecified atom stereocenters. The fourth-order valence-electron chi connectivity index (χ4n) is 1.91. The second-order valence-corrected chi connectivity index (χ2v) is 4.82. The molecule has 0 atom stereocenters. The van der Waals surface area contributed by atoms with E-state index in [0.717, 1.165) is 0 Å². The van der Waals surface area contributed by atoms with Gasteiger partial charge in [0.05, 0.1) is 12.2 Å². The van der Waals surface area contributed by atoms with Gasteiger partial charge in [0, 0.05) is 11.3 Å². The first-order chi connectivity index (χ1) is 11.6. The summed E-state index contributed by atoms with van der Waals surface area (Å²) in [4.78, 5) is 34.2. The number of carbonyl (C=O) groups excluding carboxylic acids is 3. The number of hydrogen-bond donors (Lipinski definition) is 1. The van der Waals surface area contributed by atoms with E-state index >= 15 is 0 Å². The largest absolute Gasteiger partial charge is 0.494 e. The van der Waals surface area contributed by atoms with Gasteiger partial charge in [-0.2, -0.15) is 0 Å². The summed E-state index contributed by atoms with van der Waals surface area (Å²) in [5, 5.41) is 2.62. The normalized spacial score (nSPS) is 9.88. The molecule has 0 radical (unpaired) electrons. The molecule has 0 saturated heterocycles. The molecule has 1 N–H and O–H groups in total. The van der Waals surface area contributed by atoms with Crippen LogP contribution in [0.1, 0.15) is 27.6 Å². The van der Waals surface area contributed by atoms with Crippen LogP contribution in [-0.4, -0.2) is 31.4 Å². The molecule has 0 spiro atoms. The van der Waals surface area contributed by atoms with E-state index in [2.05, 4.69) is 5.32 Å². The van der Waals surface area contributed by atoms with E-state index in [9.17, 15) is 14.4 Å². The van der Waals surface area contributed by atoms with Crippen LogP contribution < -0.4 is 10.1 Å². The molecule has 6 heteroatoms. The molecule has 124 valence electrons. The topological polar surface area (TPSA) is 81.7 Å². The Labute approximate surface area is 139 Å². The van der Waals surface area contributed by atoms with Crippen LogP contribution in [0.4, 0.5) is 5.69 Å². The minimum atomic E-state index is -0.630. The summed E-state index contributed by atoms with van der Waals surface area (Å²) >= 11 is 0. The van der Waals surface area contributed by atoms with E-state index in [0.29, 0.717) is 29.9 Å². The first kappa shape index (κ1) is 17.2. The SMILES string of the molecule is CCOc1ccc(NC(=O)COC(=O)c2ccc(C=O)cc2)cc1. The van der Waals surface area contributed by atoms with Crippen LogP contribution in [0.2, 0.25) is 0 Å². The summed E-state index contributed by atoms with van der Waals surface area (Å²) in [5.41, 5.74) is 1.31. The fraction of sp³-hybridized carbons (Fsp3) is 0.167. The fourth-order valence-corrected chi connectivity index (χ4v) is 1.91. The number of hydrogen-bond acceptors (Lipinski definition) is 5. The van der Waals surface area contributed by atoms with Crippen molar-refractivity contribution < 1.29 is 23.9 Å². The van der Waals surface area contributed by atoms with E-state index in [1.165, 1.54) is 24.3 Å². The summed E-state index contributed by atoms with van der Waals surface area (Å²) in [6, 6.07) is 12.8. The van der Waals surface area contributed by atoms with Crippen molar-refractivity contribution in [3.05, 3.63) is 59.7 Å². The van der Waals surface area contributed by atoms with Gasteiger partial charge in [-0.3, -0.25) is 9.59 Å². The van der Waals surface area contributed by atoms with E-state index in [1.807, 2.05) is 6.92 Å². The van der Waals surface area contributed by atoms with Crippen molar-refractivity contribution in [2.24, 2.45) is 0 Å². The molecule has 0 fully saturated rings. The molecule has 6 nitrogen and oxygen atoms in total. The number of ether oxygens (including phenoxy) is 2. The molecule has 24 heavy (non-hydrogen) atoms. The minimum Gasteiger partial charge on any atom is -0.494 e. The first-order valence-electron chi connectivity index (χ1n) is 7.37. The molecule has 0 aliphatic carbocycles. The van der Waals surface area contributed by atoms with E-state index in [-0.39, 0.29) is 5.56 Å². The number of amides is 1. The van der Waals surface area contributed by atoms with Crippen molar-refractivity contribution in [2.75, 3.05) is 18.5 Å². The summed E-state index contributed by atoms with van der Waals surface area (Å²) in [7, 11) is 0. The standard InChI is InChI=1S/C18H17NO5/c1-2-23-16-9-7-15(8-10-16)19-17(21)12-24-18(22)14-5-3-13(11-20)4-6-14/h3-11H,2,12H2,1H3,(H,19,21). The Morgan fingerprint density at radius 2 is 1.71 bits per heavy atom. The number of anilines is 1. The van der Waals surface area contributed by atoms with Crippen LogP contribution in [0.3, 0.4) is 0 Å². The Morgan fingerprint density at radius 3 is 2.29 bits per heavy atom. The lowest BCUT2D eigenvalue weighted by Gasteiger charge is -2.08. The average Bonchev–Trinajstić information content (AvgIpc) is 2.61. The van der Waals surface area contributed by atoms with Crippen molar-refractivity contribution >= 4 is 23.9 Å². The lowest BCUT2D eigenvalue weighted by molar-refractivity contribution is -0.119. The van der Waals surface area contributed by atoms with Crippen molar-refractivity contribution in [3.63, 3.8) is 0 Å². The monoisotopic (exact) mass is 327 g/mol. The van der Waals surface area contributed by atoms with Crippen LogP contribution in [0.5, 0.6) is 5.75 Å². The number of rotatable bonds is 7. The Balaban J connectivity index is 1.83. The van der Waals surface area contributed by atoms with E-state index in [1.54, 1.807) is 24.3 Å². The van der Waals surface area contributed by atoms with Crippen LogP contribution in [0.25, 0.3) is 0 Å². The highest BCUT2D eigenvalue weighted by molar-refractivity contribution is 5.95. The Hall–Kier alpha value is -3.15. The van der Waals surface area contributed by atoms with Gasteiger partial charge in [-0.05, 0) is 43.3 Å². The zero-order valence-electron chi connectivity index (χ0n) is 13.2. The molecule has 0 bridgehead atoms. The molecule has 2 aromatic rings. The first-order valence-corrected chi connectivity index (χ1v) is 7.37. The highest BCUT2D eigenvalue weighted by Crippen LogP contribution is 2.15. The molecule has 0 aromatic heterocycles. The van der Waals surface area contributed by atoms with Crippen LogP contribution in [0, 0.1) is 0 Å². The summed E-state index contributed by atoms with van der Waals surface area (Å²) in [6.45, 7) is 2.05. The second-order valence-electron chi connectivity index (χ2n) is 4.82. The zero-order valence-corrected chi connectivity index (χ0v) is 13.2. The number of carbonyl (C=O) groups is 3. The number of nitrogens with one attached hydrogen (secondary N) is 1. The molecule has 0 aliphatic rings. The van der Waals surface area contributed by atoms with Gasteiger partial charge in [0.15, 0.2) is 6.61 Å². The Morgan fingerprint density at radius 1 is 1.04 bits per heavy atom. The quantitative estimate of drug-likeness (QED) is 0.624. The highest BCUT2D eigenvalue weighted by atomic mass is 16.5. The van der Waals surface area contributed by atoms with Gasteiger partial charge in [-0.1, -0.05) is 12.1 Å². The molecule has 0 aliphatic heterocycles. The van der Waals surface area contributed by atoms with Crippen LogP contribution >= 0.6 is 0 Å². The predicted octanol–water partition coefficient (Wildman–Crippen LogP) is 2.69. The summed E-state index contributed by atoms with van der Waals surface area (Å²) in [5.74, 6) is -0.369. The number of esters is 1. The van der Waals surface area contributed by atoms with Crippen LogP contribution in [-0.2, 0) is 9.53 Å². The average molecular weight is 327 g/mol. The van der Waals surface area contributed by atoms with Gasteiger partial charge < -0.3 is 14.8 Å². The Kier molecular flexibility index (Phi) is 6.08. The third-order valence-electron chi connectivity index (χ3n) is 3.07. The third kappa shape index (κ3) is 4.95. The maximum Gasteiger partial charge on any atom is 0.338 e. The summed E-state index contributed by atoms with van der Waals surface area (Å²) < 4.78 is 10.2. The van der Waals surface area contributed by atoms with Gasteiger partial charge in [0.25, 0.3) is 5.91 Å². The number of benzene rings is 2. The molecule has 1 amide bonds. The second kappa shape index (κ2) is 8.47. The van der Waals surface area contributed by atoms with Gasteiger partial charge in [0.1, 0.15) is 12.0 Å². The molecule has 0 saturated carbocycles. The van der Waals surface area contributed by atoms with Gasteiger partial charge >= 0.3 is 5.97 Å². The summed E-state index contributed by atoms with van der Waals surface area (Å²) in [6.07, 6.45) is 0.680. The third-order valence-corrected chi connectivity index (χ3v) is 3.07. The van der Waals surface area contributed by atoms with Crippen molar-refractivity contribution in [1.29, 1.82) is 0 Å². The van der Waals surface area contributed by atoms with Crippen molar-refractivity contribution in [3.8, 4) is 5.75 Å².